The molecule has 0 spiro atoms. The van der Waals surface area contributed by atoms with E-state index in [0.717, 1.165) is 18.8 Å². The van der Waals surface area contributed by atoms with E-state index in [4.69, 9.17) is 0 Å². The topological polar surface area (TPSA) is 37.8 Å². The molecule has 1 aromatic carbocycles. The van der Waals surface area contributed by atoms with E-state index < -0.39 is 0 Å². The Morgan fingerprint density at radius 2 is 2.16 bits per heavy atom. The number of aromatic nitrogens is 2. The van der Waals surface area contributed by atoms with Crippen molar-refractivity contribution in [2.75, 3.05) is 11.9 Å². The predicted octanol–water partition coefficient (Wildman–Crippen LogP) is 3.65. The maximum absolute atomic E-state index is 4.15. The molecule has 4 heteroatoms. The first-order valence-electron chi connectivity index (χ1n) is 6.30. The number of benzene rings is 1. The maximum atomic E-state index is 4.15. The molecular weight excluding hydrogens is 254 g/mol. The van der Waals surface area contributed by atoms with Gasteiger partial charge in [-0.2, -0.15) is 0 Å². The Kier molecular flexibility index (Phi) is 3.42. The number of anilines is 1. The molecule has 2 heterocycles. The summed E-state index contributed by atoms with van der Waals surface area (Å²) in [6.07, 6.45) is 4.31. The van der Waals surface area contributed by atoms with E-state index in [9.17, 15) is 0 Å². The van der Waals surface area contributed by atoms with Crippen LogP contribution in [-0.4, -0.2) is 16.5 Å². The quantitative estimate of drug-likeness (QED) is 0.785. The summed E-state index contributed by atoms with van der Waals surface area (Å²) in [4.78, 5) is 8.06. The third kappa shape index (κ3) is 2.58. The van der Waals surface area contributed by atoms with E-state index >= 15 is 0 Å². The minimum absolute atomic E-state index is 0.879. The number of hydrogen-bond donors (Lipinski definition) is 1. The molecule has 0 unspecified atom stereocenters. The molecule has 3 nitrogen and oxygen atoms in total. The van der Waals surface area contributed by atoms with E-state index in [2.05, 4.69) is 45.8 Å². The van der Waals surface area contributed by atoms with Gasteiger partial charge in [0, 0.05) is 17.4 Å². The van der Waals surface area contributed by atoms with Crippen molar-refractivity contribution < 1.29 is 0 Å². The Balaban J connectivity index is 1.70. The van der Waals surface area contributed by atoms with Gasteiger partial charge in [0.25, 0.3) is 0 Å². The van der Waals surface area contributed by atoms with Gasteiger partial charge < -0.3 is 5.32 Å². The highest BCUT2D eigenvalue weighted by Crippen LogP contribution is 2.27. The summed E-state index contributed by atoms with van der Waals surface area (Å²) in [5.41, 5.74) is 2.80. The summed E-state index contributed by atoms with van der Waals surface area (Å²) in [6.45, 7) is 3.09. The summed E-state index contributed by atoms with van der Waals surface area (Å²) in [6, 6.07) is 8.50. The molecule has 19 heavy (non-hydrogen) atoms. The third-order valence-corrected chi connectivity index (χ3v) is 4.31. The number of nitrogens with one attached hydrogen (secondary N) is 1. The van der Waals surface area contributed by atoms with Gasteiger partial charge in [0.15, 0.2) is 0 Å². The smallest absolute Gasteiger partial charge is 0.129 e. The van der Waals surface area contributed by atoms with Crippen LogP contribution in [0, 0.1) is 6.92 Å². The van der Waals surface area contributed by atoms with E-state index in [1.807, 2.05) is 17.4 Å². The SMILES string of the molecule is Cc1c(CCNc2ccncn2)ccc2ccsc12. The molecule has 3 aromatic rings. The zero-order valence-electron chi connectivity index (χ0n) is 10.8. The highest BCUT2D eigenvalue weighted by Gasteiger charge is 2.04. The average Bonchev–Trinajstić information content (AvgIpc) is 2.92. The van der Waals surface area contributed by atoms with Crippen LogP contribution in [-0.2, 0) is 6.42 Å². The lowest BCUT2D eigenvalue weighted by atomic mass is 10.0. The molecule has 96 valence electrons. The fourth-order valence-corrected chi connectivity index (χ4v) is 3.14. The van der Waals surface area contributed by atoms with E-state index in [1.54, 1.807) is 12.5 Å². The maximum Gasteiger partial charge on any atom is 0.129 e. The van der Waals surface area contributed by atoms with Crippen LogP contribution in [0.1, 0.15) is 11.1 Å². The van der Waals surface area contributed by atoms with Gasteiger partial charge in [0.2, 0.25) is 0 Å². The van der Waals surface area contributed by atoms with Crippen LogP contribution in [0.2, 0.25) is 0 Å². The number of thiophene rings is 1. The number of nitrogens with zero attached hydrogens (tertiary/aromatic N) is 2. The first-order chi connectivity index (χ1) is 9.34. The molecule has 0 aliphatic heterocycles. The number of aryl methyl sites for hydroxylation is 1. The molecule has 0 amide bonds. The summed E-state index contributed by atoms with van der Waals surface area (Å²) >= 11 is 1.82. The fraction of sp³-hybridized carbons (Fsp3) is 0.200. The molecule has 0 bridgehead atoms. The van der Waals surface area contributed by atoms with Crippen molar-refractivity contribution in [3.05, 3.63) is 53.3 Å². The normalized spacial score (nSPS) is 10.8. The zero-order chi connectivity index (χ0) is 13.1. The Morgan fingerprint density at radius 1 is 1.21 bits per heavy atom. The van der Waals surface area contributed by atoms with Gasteiger partial charge in [-0.25, -0.2) is 9.97 Å². The van der Waals surface area contributed by atoms with E-state index in [-0.39, 0.29) is 0 Å². The van der Waals surface area contributed by atoms with Gasteiger partial charge in [-0.05, 0) is 47.4 Å². The minimum atomic E-state index is 0.879. The molecule has 0 atom stereocenters. The van der Waals surface area contributed by atoms with Crippen molar-refractivity contribution >= 4 is 27.2 Å². The molecule has 1 N–H and O–H groups in total. The van der Waals surface area contributed by atoms with Gasteiger partial charge >= 0.3 is 0 Å². The van der Waals surface area contributed by atoms with Gasteiger partial charge in [-0.15, -0.1) is 11.3 Å². The second-order valence-corrected chi connectivity index (χ2v) is 5.38. The molecule has 0 saturated heterocycles. The van der Waals surface area contributed by atoms with Crippen molar-refractivity contribution in [3.8, 4) is 0 Å². The lowest BCUT2D eigenvalue weighted by Gasteiger charge is -2.08. The largest absolute Gasteiger partial charge is 0.370 e. The van der Waals surface area contributed by atoms with Gasteiger partial charge in [-0.1, -0.05) is 12.1 Å². The minimum Gasteiger partial charge on any atom is -0.370 e. The first-order valence-corrected chi connectivity index (χ1v) is 7.18. The third-order valence-electron chi connectivity index (χ3n) is 3.26. The van der Waals surface area contributed by atoms with Crippen molar-refractivity contribution in [3.63, 3.8) is 0 Å². The van der Waals surface area contributed by atoms with Crippen molar-refractivity contribution in [2.24, 2.45) is 0 Å². The van der Waals surface area contributed by atoms with Gasteiger partial charge in [0.05, 0.1) is 0 Å². The zero-order valence-corrected chi connectivity index (χ0v) is 11.6. The van der Waals surface area contributed by atoms with Gasteiger partial charge in [-0.3, -0.25) is 0 Å². The Bertz CT molecular complexity index is 676. The first kappa shape index (κ1) is 12.1. The lowest BCUT2D eigenvalue weighted by molar-refractivity contribution is 0.992. The summed E-state index contributed by atoms with van der Waals surface area (Å²) in [5.74, 6) is 0.879. The van der Waals surface area contributed by atoms with E-state index in [1.165, 1.54) is 21.2 Å². The summed E-state index contributed by atoms with van der Waals surface area (Å²) < 4.78 is 1.40. The molecule has 2 aromatic heterocycles. The second-order valence-electron chi connectivity index (χ2n) is 4.46. The molecule has 0 radical (unpaired) electrons. The van der Waals surface area contributed by atoms with Gasteiger partial charge in [0.1, 0.15) is 12.1 Å². The van der Waals surface area contributed by atoms with Crippen LogP contribution < -0.4 is 5.32 Å². The molecule has 0 aliphatic rings. The lowest BCUT2D eigenvalue weighted by Crippen LogP contribution is -2.07. The average molecular weight is 269 g/mol. The summed E-state index contributed by atoms with van der Waals surface area (Å²) in [5, 5.41) is 6.81. The highest BCUT2D eigenvalue weighted by atomic mass is 32.1. The molecule has 3 rings (SSSR count). The van der Waals surface area contributed by atoms with Crippen LogP contribution in [0.25, 0.3) is 10.1 Å². The van der Waals surface area contributed by atoms with Crippen LogP contribution >= 0.6 is 11.3 Å². The van der Waals surface area contributed by atoms with Crippen LogP contribution in [0.3, 0.4) is 0 Å². The molecule has 0 fully saturated rings. The number of hydrogen-bond acceptors (Lipinski definition) is 4. The fourth-order valence-electron chi connectivity index (χ4n) is 2.21. The molecular formula is C15H15N3S. The van der Waals surface area contributed by atoms with Crippen molar-refractivity contribution in [1.82, 2.24) is 9.97 Å². The standard InChI is InChI=1S/C15H15N3S/c1-11-12(2-3-13-6-9-19-15(11)13)4-8-17-14-5-7-16-10-18-14/h2-3,5-7,9-10H,4,8H2,1H3,(H,16,17,18). The summed E-state index contributed by atoms with van der Waals surface area (Å²) in [7, 11) is 0. The Morgan fingerprint density at radius 3 is 3.00 bits per heavy atom. The van der Waals surface area contributed by atoms with Crippen LogP contribution in [0.5, 0.6) is 0 Å². The van der Waals surface area contributed by atoms with Crippen molar-refractivity contribution in [1.29, 1.82) is 0 Å². The second kappa shape index (κ2) is 5.36. The predicted molar refractivity (Wildman–Crippen MR) is 80.8 cm³/mol. The van der Waals surface area contributed by atoms with Crippen LogP contribution in [0.4, 0.5) is 5.82 Å². The molecule has 0 saturated carbocycles. The number of fused-ring (bicyclic) bond motifs is 1. The Labute approximate surface area is 116 Å². The van der Waals surface area contributed by atoms with Crippen molar-refractivity contribution in [2.45, 2.75) is 13.3 Å². The monoisotopic (exact) mass is 269 g/mol. The molecule has 0 aliphatic carbocycles. The van der Waals surface area contributed by atoms with Crippen LogP contribution in [0.15, 0.2) is 42.2 Å². The number of rotatable bonds is 4. The highest BCUT2D eigenvalue weighted by molar-refractivity contribution is 7.17. The van der Waals surface area contributed by atoms with E-state index in [0.29, 0.717) is 0 Å². The Hall–Kier alpha value is -1.94.